The van der Waals surface area contributed by atoms with Gasteiger partial charge < -0.3 is 14.6 Å². The molecule has 0 spiro atoms. The van der Waals surface area contributed by atoms with E-state index < -0.39 is 6.04 Å². The quantitative estimate of drug-likeness (QED) is 0.290. The van der Waals surface area contributed by atoms with E-state index in [0.717, 1.165) is 42.4 Å². The largest absolute Gasteiger partial charge is 0.464 e. The number of furan rings is 1. The van der Waals surface area contributed by atoms with E-state index in [0.29, 0.717) is 35.3 Å². The summed E-state index contributed by atoms with van der Waals surface area (Å²) >= 11 is 6.00. The maximum Gasteiger partial charge on any atom is 0.250 e. The van der Waals surface area contributed by atoms with Gasteiger partial charge in [0.25, 0.3) is 5.91 Å². The topological polar surface area (TPSA) is 106 Å². The number of carbonyl (C=O) groups excluding carboxylic acids is 2. The summed E-state index contributed by atoms with van der Waals surface area (Å²) in [7, 11) is 0. The average Bonchev–Trinajstić information content (AvgIpc) is 3.71. The molecule has 208 valence electrons. The summed E-state index contributed by atoms with van der Waals surface area (Å²) in [6.45, 7) is 4.00. The molecule has 1 saturated carbocycles. The molecule has 0 radical (unpaired) electrons. The Morgan fingerprint density at radius 2 is 1.82 bits per heavy atom. The average molecular weight is 561 g/mol. The monoisotopic (exact) mass is 560 g/mol. The van der Waals surface area contributed by atoms with Crippen LogP contribution in [-0.2, 0) is 22.6 Å². The number of aryl methyl sites for hydroxylation is 2. The van der Waals surface area contributed by atoms with Crippen molar-refractivity contribution in [1.82, 2.24) is 30.4 Å². The van der Waals surface area contributed by atoms with Crippen LogP contribution in [0.15, 0.2) is 65.1 Å². The predicted octanol–water partition coefficient (Wildman–Crippen LogP) is 5.07. The van der Waals surface area contributed by atoms with Crippen LogP contribution in [0, 0.1) is 13.8 Å². The predicted molar refractivity (Wildman–Crippen MR) is 151 cm³/mol. The second-order valence-electron chi connectivity index (χ2n) is 10.3. The first kappa shape index (κ1) is 27.6. The minimum atomic E-state index is -0.926. The van der Waals surface area contributed by atoms with Crippen molar-refractivity contribution in [2.75, 3.05) is 6.54 Å². The van der Waals surface area contributed by atoms with Crippen molar-refractivity contribution < 1.29 is 14.0 Å². The normalized spacial score (nSPS) is 14.3. The van der Waals surface area contributed by atoms with E-state index in [-0.39, 0.29) is 24.4 Å². The standard InChI is InChI=1S/C30H33ClN6O3/c1-20-7-3-4-8-22(20)17-18-36(27(38)19-37-34-29(33-35-37)23-12-14-24(31)15-13-23)28(26-16-11-21(2)40-26)30(39)32-25-9-5-6-10-25/h3-4,7-8,11-16,25,28H,5-6,9-10,17-19H2,1-2H3,(H,32,39)/t28-/m0/s1. The number of carbonyl (C=O) groups is 2. The molecule has 4 aromatic rings. The Hall–Kier alpha value is -3.98. The van der Waals surface area contributed by atoms with Crippen LogP contribution < -0.4 is 5.32 Å². The number of hydrogen-bond donors (Lipinski definition) is 1. The highest BCUT2D eigenvalue weighted by Gasteiger charge is 2.35. The molecule has 1 aliphatic rings. The Balaban J connectivity index is 1.43. The maximum atomic E-state index is 13.9. The Bertz CT molecular complexity index is 1460. The van der Waals surface area contributed by atoms with Crippen LogP contribution in [0.1, 0.15) is 54.4 Å². The van der Waals surface area contributed by atoms with Crippen molar-refractivity contribution in [3.8, 4) is 11.4 Å². The number of amides is 2. The van der Waals surface area contributed by atoms with E-state index in [1.807, 2.05) is 44.2 Å². The fourth-order valence-electron chi connectivity index (χ4n) is 5.14. The number of nitrogens with one attached hydrogen (secondary N) is 1. The molecule has 40 heavy (non-hydrogen) atoms. The second-order valence-corrected chi connectivity index (χ2v) is 10.7. The third-order valence-corrected chi connectivity index (χ3v) is 7.58. The molecular weight excluding hydrogens is 528 g/mol. The first-order valence-corrected chi connectivity index (χ1v) is 14.0. The first-order chi connectivity index (χ1) is 19.4. The van der Waals surface area contributed by atoms with Gasteiger partial charge in [0.05, 0.1) is 0 Å². The molecule has 1 N–H and O–H groups in total. The smallest absolute Gasteiger partial charge is 0.250 e. The Kier molecular flexibility index (Phi) is 8.60. The molecule has 0 bridgehead atoms. The van der Waals surface area contributed by atoms with Gasteiger partial charge in [-0.25, -0.2) is 0 Å². The van der Waals surface area contributed by atoms with Gasteiger partial charge in [0, 0.05) is 23.2 Å². The summed E-state index contributed by atoms with van der Waals surface area (Å²) in [4.78, 5) is 30.5. The number of tetrazole rings is 1. The number of hydrogen-bond acceptors (Lipinski definition) is 6. The molecule has 0 saturated heterocycles. The van der Waals surface area contributed by atoms with Gasteiger partial charge in [0.15, 0.2) is 6.04 Å². The molecule has 2 aromatic heterocycles. The minimum Gasteiger partial charge on any atom is -0.464 e. The second kappa shape index (κ2) is 12.5. The van der Waals surface area contributed by atoms with Gasteiger partial charge in [-0.2, -0.15) is 4.80 Å². The number of rotatable bonds is 10. The summed E-state index contributed by atoms with van der Waals surface area (Å²) in [6.07, 6.45) is 4.61. The number of benzene rings is 2. The van der Waals surface area contributed by atoms with E-state index >= 15 is 0 Å². The van der Waals surface area contributed by atoms with Gasteiger partial charge in [-0.3, -0.25) is 9.59 Å². The van der Waals surface area contributed by atoms with Crippen molar-refractivity contribution >= 4 is 23.4 Å². The zero-order valence-corrected chi connectivity index (χ0v) is 23.5. The van der Waals surface area contributed by atoms with Crippen molar-refractivity contribution in [2.45, 2.75) is 64.6 Å². The van der Waals surface area contributed by atoms with E-state index in [4.69, 9.17) is 16.0 Å². The van der Waals surface area contributed by atoms with Gasteiger partial charge >= 0.3 is 0 Å². The van der Waals surface area contributed by atoms with Gasteiger partial charge in [0.2, 0.25) is 11.7 Å². The lowest BCUT2D eigenvalue weighted by Gasteiger charge is -2.31. The molecule has 0 unspecified atom stereocenters. The summed E-state index contributed by atoms with van der Waals surface area (Å²) in [6, 6.07) is 17.9. The van der Waals surface area contributed by atoms with Crippen LogP contribution in [0.2, 0.25) is 5.02 Å². The summed E-state index contributed by atoms with van der Waals surface area (Å²) in [5.74, 6) is 0.931. The molecule has 10 heteroatoms. The minimum absolute atomic E-state index is 0.0956. The van der Waals surface area contributed by atoms with Crippen molar-refractivity contribution in [3.05, 3.63) is 88.3 Å². The Labute approximate surface area is 238 Å². The summed E-state index contributed by atoms with van der Waals surface area (Å²) in [5.41, 5.74) is 2.97. The van der Waals surface area contributed by atoms with Crippen LogP contribution in [-0.4, -0.2) is 49.5 Å². The lowest BCUT2D eigenvalue weighted by molar-refractivity contribution is -0.142. The van der Waals surface area contributed by atoms with Gasteiger partial charge in [-0.05, 0) is 85.8 Å². The van der Waals surface area contributed by atoms with Crippen LogP contribution in [0.4, 0.5) is 0 Å². The summed E-state index contributed by atoms with van der Waals surface area (Å²) in [5, 5.41) is 16.4. The van der Waals surface area contributed by atoms with Crippen molar-refractivity contribution in [2.24, 2.45) is 0 Å². The van der Waals surface area contributed by atoms with Gasteiger partial charge in [0.1, 0.15) is 18.1 Å². The molecule has 2 aromatic carbocycles. The molecule has 2 amide bonds. The van der Waals surface area contributed by atoms with Gasteiger partial charge in [-0.1, -0.05) is 48.7 Å². The zero-order chi connectivity index (χ0) is 28.1. The van der Waals surface area contributed by atoms with E-state index in [9.17, 15) is 9.59 Å². The Morgan fingerprint density at radius 3 is 2.52 bits per heavy atom. The lowest BCUT2D eigenvalue weighted by Crippen LogP contribution is -2.47. The molecule has 0 aliphatic heterocycles. The molecule has 1 fully saturated rings. The molecule has 5 rings (SSSR count). The van der Waals surface area contributed by atoms with Crippen LogP contribution >= 0.6 is 11.6 Å². The zero-order valence-electron chi connectivity index (χ0n) is 22.7. The SMILES string of the molecule is Cc1ccc([C@@H](C(=O)NC2CCCC2)N(CCc2ccccc2C)C(=O)Cn2nnc(-c3ccc(Cl)cc3)n2)o1. The number of nitrogens with zero attached hydrogens (tertiary/aromatic N) is 5. The third kappa shape index (κ3) is 6.59. The van der Waals surface area contributed by atoms with Crippen LogP contribution in [0.25, 0.3) is 11.4 Å². The molecular formula is C30H33ClN6O3. The van der Waals surface area contributed by atoms with Crippen LogP contribution in [0.3, 0.4) is 0 Å². The highest BCUT2D eigenvalue weighted by Crippen LogP contribution is 2.27. The summed E-state index contributed by atoms with van der Waals surface area (Å²) < 4.78 is 5.94. The van der Waals surface area contributed by atoms with E-state index in [1.165, 1.54) is 4.80 Å². The Morgan fingerprint density at radius 1 is 1.07 bits per heavy atom. The van der Waals surface area contributed by atoms with Crippen molar-refractivity contribution in [3.63, 3.8) is 0 Å². The number of aromatic nitrogens is 4. The van der Waals surface area contributed by atoms with Crippen molar-refractivity contribution in [1.29, 1.82) is 0 Å². The third-order valence-electron chi connectivity index (χ3n) is 7.33. The fraction of sp³-hybridized carbons (Fsp3) is 0.367. The molecule has 1 atom stereocenters. The highest BCUT2D eigenvalue weighted by molar-refractivity contribution is 6.30. The lowest BCUT2D eigenvalue weighted by atomic mass is 10.0. The number of halogens is 1. The maximum absolute atomic E-state index is 13.9. The highest BCUT2D eigenvalue weighted by atomic mass is 35.5. The van der Waals surface area contributed by atoms with E-state index in [1.54, 1.807) is 35.2 Å². The fourth-order valence-corrected chi connectivity index (χ4v) is 5.27. The van der Waals surface area contributed by atoms with E-state index in [2.05, 4.69) is 20.7 Å². The van der Waals surface area contributed by atoms with Gasteiger partial charge in [-0.15, -0.1) is 10.2 Å². The first-order valence-electron chi connectivity index (χ1n) is 13.6. The molecule has 1 aliphatic carbocycles. The molecule has 2 heterocycles. The molecule has 9 nitrogen and oxygen atoms in total. The van der Waals surface area contributed by atoms with Crippen LogP contribution in [0.5, 0.6) is 0 Å².